The van der Waals surface area contributed by atoms with Gasteiger partial charge in [-0.1, -0.05) is 25.6 Å². The van der Waals surface area contributed by atoms with Crippen molar-refractivity contribution < 1.29 is 9.53 Å². The first kappa shape index (κ1) is 19.6. The number of hydrazine groups is 1. The number of benzene rings is 1. The first-order valence-corrected chi connectivity index (χ1v) is 10.5. The molecule has 29 heavy (non-hydrogen) atoms. The Hall–Kier alpha value is -2.73. The highest BCUT2D eigenvalue weighted by Gasteiger charge is 2.21. The third kappa shape index (κ3) is 4.65. The number of nitrogens with zero attached hydrogens (tertiary/aromatic N) is 3. The van der Waals surface area contributed by atoms with Crippen LogP contribution >= 0.6 is 0 Å². The zero-order chi connectivity index (χ0) is 20.2. The Morgan fingerprint density at radius 1 is 1.21 bits per heavy atom. The van der Waals surface area contributed by atoms with E-state index in [2.05, 4.69) is 46.1 Å². The third-order valence-corrected chi connectivity index (χ3v) is 5.64. The van der Waals surface area contributed by atoms with Crippen LogP contribution in [0.1, 0.15) is 30.9 Å². The fourth-order valence-corrected chi connectivity index (χ4v) is 3.96. The van der Waals surface area contributed by atoms with Crippen LogP contribution in [-0.4, -0.2) is 53.5 Å². The maximum absolute atomic E-state index is 12.0. The number of piperazine rings is 1. The molecule has 4 rings (SSSR count). The zero-order valence-corrected chi connectivity index (χ0v) is 17.2. The molecule has 1 saturated heterocycles. The second-order valence-corrected chi connectivity index (χ2v) is 7.84. The minimum Gasteiger partial charge on any atom is -0.493 e. The maximum atomic E-state index is 12.0. The van der Waals surface area contributed by atoms with Gasteiger partial charge in [-0.2, -0.15) is 0 Å². The Morgan fingerprint density at radius 3 is 2.83 bits per heavy atom. The number of amides is 1. The van der Waals surface area contributed by atoms with E-state index in [-0.39, 0.29) is 5.91 Å². The molecule has 1 fully saturated rings. The smallest absolute Gasteiger partial charge is 0.238 e. The van der Waals surface area contributed by atoms with Crippen LogP contribution in [0.4, 0.5) is 0 Å². The molecular formula is C23H30N4O2. The van der Waals surface area contributed by atoms with Crippen LogP contribution in [0.15, 0.2) is 54.5 Å². The molecule has 1 amide bonds. The number of rotatable bonds is 6. The van der Waals surface area contributed by atoms with Crippen molar-refractivity contribution in [3.05, 3.63) is 65.7 Å². The van der Waals surface area contributed by atoms with Gasteiger partial charge in [-0.25, -0.2) is 0 Å². The van der Waals surface area contributed by atoms with Crippen LogP contribution in [-0.2, 0) is 17.8 Å². The van der Waals surface area contributed by atoms with Crippen molar-refractivity contribution in [3.8, 4) is 5.75 Å². The summed E-state index contributed by atoms with van der Waals surface area (Å²) in [7, 11) is 0. The van der Waals surface area contributed by atoms with Gasteiger partial charge in [-0.15, -0.1) is 0 Å². The summed E-state index contributed by atoms with van der Waals surface area (Å²) in [5.41, 5.74) is 7.45. The monoisotopic (exact) mass is 394 g/mol. The van der Waals surface area contributed by atoms with E-state index in [0.29, 0.717) is 6.42 Å². The quantitative estimate of drug-likeness (QED) is 0.804. The van der Waals surface area contributed by atoms with E-state index in [0.717, 1.165) is 69.3 Å². The highest BCUT2D eigenvalue weighted by Crippen LogP contribution is 2.27. The van der Waals surface area contributed by atoms with Gasteiger partial charge < -0.3 is 9.64 Å². The first-order chi connectivity index (χ1) is 14.1. The summed E-state index contributed by atoms with van der Waals surface area (Å²) in [6, 6.07) is 6.64. The predicted octanol–water partition coefficient (Wildman–Crippen LogP) is 2.80. The topological polar surface area (TPSA) is 48.1 Å². The second-order valence-electron chi connectivity index (χ2n) is 7.84. The Morgan fingerprint density at radius 2 is 2.03 bits per heavy atom. The fourth-order valence-electron chi connectivity index (χ4n) is 3.96. The number of carbonyl (C=O) groups excluding carboxylic acids is 1. The van der Waals surface area contributed by atoms with Crippen molar-refractivity contribution >= 4 is 5.91 Å². The lowest BCUT2D eigenvalue weighted by molar-refractivity contribution is -0.124. The Balaban J connectivity index is 1.32. The molecule has 0 saturated carbocycles. The number of carbonyl (C=O) groups is 1. The van der Waals surface area contributed by atoms with Crippen LogP contribution in [0.25, 0.3) is 0 Å². The molecule has 0 radical (unpaired) electrons. The Labute approximate surface area is 173 Å². The largest absolute Gasteiger partial charge is 0.493 e. The van der Waals surface area contributed by atoms with Crippen LogP contribution in [0.3, 0.4) is 0 Å². The Bertz CT molecular complexity index is 837. The highest BCUT2D eigenvalue weighted by atomic mass is 16.5. The molecule has 3 aliphatic heterocycles. The van der Waals surface area contributed by atoms with Gasteiger partial charge in [0, 0.05) is 45.6 Å². The maximum Gasteiger partial charge on any atom is 0.238 e. The molecule has 154 valence electrons. The molecule has 3 heterocycles. The molecule has 6 nitrogen and oxygen atoms in total. The average Bonchev–Trinajstić information content (AvgIpc) is 3.18. The number of allylic oxidation sites excluding steroid dienone is 2. The highest BCUT2D eigenvalue weighted by molar-refractivity contribution is 5.75. The minimum absolute atomic E-state index is 0.0164. The van der Waals surface area contributed by atoms with Gasteiger partial charge in [0.25, 0.3) is 0 Å². The molecule has 1 aromatic carbocycles. The van der Waals surface area contributed by atoms with Crippen molar-refractivity contribution in [2.75, 3.05) is 32.8 Å². The van der Waals surface area contributed by atoms with E-state index in [4.69, 9.17) is 4.74 Å². The van der Waals surface area contributed by atoms with Gasteiger partial charge in [0.15, 0.2) is 0 Å². The molecule has 0 aromatic heterocycles. The number of hydrogen-bond donors (Lipinski definition) is 1. The number of ether oxygens (including phenoxy) is 1. The molecule has 0 unspecified atom stereocenters. The van der Waals surface area contributed by atoms with E-state index in [9.17, 15) is 4.79 Å². The van der Waals surface area contributed by atoms with Gasteiger partial charge in [0.1, 0.15) is 5.75 Å². The molecule has 0 aliphatic carbocycles. The van der Waals surface area contributed by atoms with Gasteiger partial charge >= 0.3 is 0 Å². The van der Waals surface area contributed by atoms with E-state index in [1.807, 2.05) is 19.2 Å². The molecule has 1 N–H and O–H groups in total. The van der Waals surface area contributed by atoms with Crippen molar-refractivity contribution in [3.63, 3.8) is 0 Å². The summed E-state index contributed by atoms with van der Waals surface area (Å²) in [6.45, 7) is 11.7. The fraction of sp³-hybridized carbons (Fsp3) is 0.435. The second kappa shape index (κ2) is 8.74. The van der Waals surface area contributed by atoms with Crippen LogP contribution < -0.4 is 10.2 Å². The van der Waals surface area contributed by atoms with Crippen LogP contribution in [0.5, 0.6) is 5.75 Å². The van der Waals surface area contributed by atoms with E-state index < -0.39 is 0 Å². The average molecular weight is 395 g/mol. The van der Waals surface area contributed by atoms with Crippen molar-refractivity contribution in [2.45, 2.75) is 32.7 Å². The van der Waals surface area contributed by atoms with Gasteiger partial charge in [-0.05, 0) is 35.8 Å². The first-order valence-electron chi connectivity index (χ1n) is 10.5. The van der Waals surface area contributed by atoms with Crippen LogP contribution in [0.2, 0.25) is 0 Å². The molecule has 0 bridgehead atoms. The lowest BCUT2D eigenvalue weighted by atomic mass is 10.1. The van der Waals surface area contributed by atoms with E-state index in [1.165, 1.54) is 11.1 Å². The molecule has 1 aromatic rings. The summed E-state index contributed by atoms with van der Waals surface area (Å²) >= 11 is 0. The molecule has 0 atom stereocenters. The Kier molecular flexibility index (Phi) is 5.90. The molecule has 3 aliphatic rings. The number of fused-ring (bicyclic) bond motifs is 1. The standard InChI is InChI=1S/C23H30N4O2/c1-3-4-23(28)24-27-17-21(8-5-18(27)2)26-12-10-25(11-13-26)16-19-6-7-20-9-14-29-22(20)15-19/h5-8,15,17H,2-4,9-14,16H2,1H3,(H,24,28). The third-order valence-electron chi connectivity index (χ3n) is 5.64. The lowest BCUT2D eigenvalue weighted by Crippen LogP contribution is -2.46. The summed E-state index contributed by atoms with van der Waals surface area (Å²) in [6.07, 6.45) is 8.39. The van der Waals surface area contributed by atoms with Crippen molar-refractivity contribution in [1.29, 1.82) is 0 Å². The summed E-state index contributed by atoms with van der Waals surface area (Å²) in [5, 5.41) is 1.74. The molecular weight excluding hydrogens is 364 g/mol. The molecule has 0 spiro atoms. The number of nitrogens with one attached hydrogen (secondary N) is 1. The van der Waals surface area contributed by atoms with Gasteiger partial charge in [0.05, 0.1) is 24.2 Å². The summed E-state index contributed by atoms with van der Waals surface area (Å²) in [4.78, 5) is 16.8. The predicted molar refractivity (Wildman–Crippen MR) is 114 cm³/mol. The minimum atomic E-state index is 0.0164. The SMILES string of the molecule is C=C1C=CC(N2CCN(Cc3ccc4c(c3)OCC4)CC2)=CN1NC(=O)CCC. The number of hydrogen-bond acceptors (Lipinski definition) is 5. The normalized spacial score (nSPS) is 19.1. The van der Waals surface area contributed by atoms with E-state index in [1.54, 1.807) is 5.01 Å². The van der Waals surface area contributed by atoms with E-state index >= 15 is 0 Å². The van der Waals surface area contributed by atoms with Crippen LogP contribution in [0, 0.1) is 0 Å². The summed E-state index contributed by atoms with van der Waals surface area (Å²) < 4.78 is 5.70. The van der Waals surface area contributed by atoms with Gasteiger partial charge in [-0.3, -0.25) is 20.1 Å². The zero-order valence-electron chi connectivity index (χ0n) is 17.2. The van der Waals surface area contributed by atoms with Crippen molar-refractivity contribution in [2.24, 2.45) is 0 Å². The van der Waals surface area contributed by atoms with Gasteiger partial charge in [0.2, 0.25) is 5.91 Å². The molecule has 6 heteroatoms. The van der Waals surface area contributed by atoms with Crippen molar-refractivity contribution in [1.82, 2.24) is 20.2 Å². The summed E-state index contributed by atoms with van der Waals surface area (Å²) in [5.74, 6) is 1.08. The lowest BCUT2D eigenvalue weighted by Gasteiger charge is -2.38.